The predicted octanol–water partition coefficient (Wildman–Crippen LogP) is 1.86. The number of carbonyl (C=O) groups is 1. The van der Waals surface area contributed by atoms with Crippen molar-refractivity contribution in [3.05, 3.63) is 0 Å². The van der Waals surface area contributed by atoms with Crippen LogP contribution in [0.1, 0.15) is 32.6 Å². The zero-order valence-electron chi connectivity index (χ0n) is 9.29. The molecule has 4 heteroatoms. The fraction of sp³-hybridized carbons (Fsp3) is 0.909. The Kier molecular flexibility index (Phi) is 3.52. The molecule has 0 atom stereocenters. The molecule has 1 saturated heterocycles. The minimum Gasteiger partial charge on any atom is -0.340 e. The van der Waals surface area contributed by atoms with Crippen LogP contribution in [0.2, 0.25) is 0 Å². The molecule has 2 aliphatic rings. The van der Waals surface area contributed by atoms with Gasteiger partial charge >= 0.3 is 0 Å². The monoisotopic (exact) mass is 230 g/mol. The molecule has 1 aliphatic carbocycles. The van der Waals surface area contributed by atoms with Crippen LogP contribution in [-0.2, 0) is 4.79 Å². The number of carbonyl (C=O) groups excluding carboxylic acids is 1. The van der Waals surface area contributed by atoms with Gasteiger partial charge in [-0.05, 0) is 43.4 Å². The molecule has 1 saturated carbocycles. The first kappa shape index (κ1) is 11.2. The molecule has 0 unspecified atom stereocenters. The molecule has 0 spiro atoms. The van der Waals surface area contributed by atoms with E-state index in [1.165, 1.54) is 12.8 Å². The van der Waals surface area contributed by atoms with Gasteiger partial charge in [-0.2, -0.15) is 0 Å². The molecule has 1 aliphatic heterocycles. The van der Waals surface area contributed by atoms with Crippen molar-refractivity contribution in [3.63, 3.8) is 0 Å². The van der Waals surface area contributed by atoms with Crippen LogP contribution in [0.4, 0.5) is 0 Å². The fourth-order valence-corrected chi connectivity index (χ4v) is 2.48. The summed E-state index contributed by atoms with van der Waals surface area (Å²) in [7, 11) is 0. The summed E-state index contributed by atoms with van der Waals surface area (Å²) in [5.41, 5.74) is 0. The van der Waals surface area contributed by atoms with Crippen molar-refractivity contribution in [2.45, 2.75) is 38.6 Å². The van der Waals surface area contributed by atoms with E-state index in [0.717, 1.165) is 32.5 Å². The van der Waals surface area contributed by atoms with Gasteiger partial charge in [-0.15, -0.1) is 0 Å². The summed E-state index contributed by atoms with van der Waals surface area (Å²) < 4.78 is 1.85. The lowest BCUT2D eigenvalue weighted by molar-refractivity contribution is -0.130. The maximum atomic E-state index is 11.5. The molecule has 0 aromatic heterocycles. The van der Waals surface area contributed by atoms with E-state index in [0.29, 0.717) is 12.0 Å². The average Bonchev–Trinajstić information content (AvgIpc) is 3.00. The Labute approximate surface area is 96.5 Å². The molecule has 0 aromatic rings. The third-order valence-electron chi connectivity index (χ3n) is 3.41. The van der Waals surface area contributed by atoms with Gasteiger partial charge < -0.3 is 4.90 Å². The van der Waals surface area contributed by atoms with E-state index in [1.807, 2.05) is 4.42 Å². The highest BCUT2D eigenvalue weighted by Gasteiger charge is 2.32. The summed E-state index contributed by atoms with van der Waals surface area (Å²) in [5.74, 6) is 0.898. The van der Waals surface area contributed by atoms with Gasteiger partial charge in [0.25, 0.3) is 0 Å². The normalized spacial score (nSPS) is 24.1. The highest BCUT2D eigenvalue weighted by molar-refractivity contribution is 6.13. The van der Waals surface area contributed by atoms with Crippen LogP contribution in [0.5, 0.6) is 0 Å². The number of hydrogen-bond acceptors (Lipinski definition) is 2. The molecule has 2 rings (SSSR count). The van der Waals surface area contributed by atoms with Crippen LogP contribution >= 0.6 is 11.8 Å². The van der Waals surface area contributed by atoms with Gasteiger partial charge in [0.15, 0.2) is 0 Å². The number of hydrogen-bond donors (Lipinski definition) is 0. The SMILES string of the molecule is CC(=O)N(CC1CCN(Cl)CC1)C1CC1. The van der Waals surface area contributed by atoms with E-state index in [-0.39, 0.29) is 5.91 Å². The largest absolute Gasteiger partial charge is 0.340 e. The maximum absolute atomic E-state index is 11.5. The summed E-state index contributed by atoms with van der Waals surface area (Å²) in [6, 6.07) is 0.552. The standard InChI is InChI=1S/C11H19ClN2O/c1-9(15)14(11-2-3-11)8-10-4-6-13(12)7-5-10/h10-11H,2-8H2,1H3. The second-order valence-electron chi connectivity index (χ2n) is 4.76. The summed E-state index contributed by atoms with van der Waals surface area (Å²) >= 11 is 5.91. The van der Waals surface area contributed by atoms with Crippen molar-refractivity contribution in [3.8, 4) is 0 Å². The zero-order valence-corrected chi connectivity index (χ0v) is 10.0. The first-order valence-electron chi connectivity index (χ1n) is 5.84. The summed E-state index contributed by atoms with van der Waals surface area (Å²) in [6.07, 6.45) is 4.65. The average molecular weight is 231 g/mol. The van der Waals surface area contributed by atoms with Crippen molar-refractivity contribution in [2.24, 2.45) is 5.92 Å². The summed E-state index contributed by atoms with van der Waals surface area (Å²) in [4.78, 5) is 13.5. The van der Waals surface area contributed by atoms with Crippen LogP contribution < -0.4 is 0 Å². The number of halogens is 1. The third kappa shape index (κ3) is 3.08. The van der Waals surface area contributed by atoms with Crippen LogP contribution in [-0.4, -0.2) is 40.9 Å². The quantitative estimate of drug-likeness (QED) is 0.691. The molecular formula is C11H19ClN2O. The lowest BCUT2D eigenvalue weighted by Crippen LogP contribution is -2.39. The molecule has 1 heterocycles. The molecule has 15 heavy (non-hydrogen) atoms. The van der Waals surface area contributed by atoms with Gasteiger partial charge in [0.05, 0.1) is 0 Å². The number of rotatable bonds is 3. The van der Waals surface area contributed by atoms with Crippen LogP contribution in [0.3, 0.4) is 0 Å². The molecular weight excluding hydrogens is 212 g/mol. The van der Waals surface area contributed by atoms with Gasteiger partial charge in [0.2, 0.25) is 5.91 Å². The lowest BCUT2D eigenvalue weighted by atomic mass is 9.97. The Morgan fingerprint density at radius 1 is 1.33 bits per heavy atom. The Morgan fingerprint density at radius 3 is 2.40 bits per heavy atom. The Hall–Kier alpha value is -0.280. The predicted molar refractivity (Wildman–Crippen MR) is 60.6 cm³/mol. The highest BCUT2D eigenvalue weighted by atomic mass is 35.5. The van der Waals surface area contributed by atoms with E-state index < -0.39 is 0 Å². The number of amides is 1. The molecule has 0 bridgehead atoms. The van der Waals surface area contributed by atoms with Gasteiger partial charge in [-0.1, -0.05) is 0 Å². The minimum absolute atomic E-state index is 0.241. The molecule has 1 amide bonds. The van der Waals surface area contributed by atoms with Crippen molar-refractivity contribution >= 4 is 17.7 Å². The van der Waals surface area contributed by atoms with E-state index in [4.69, 9.17) is 11.8 Å². The third-order valence-corrected chi connectivity index (χ3v) is 3.75. The molecule has 3 nitrogen and oxygen atoms in total. The van der Waals surface area contributed by atoms with E-state index in [2.05, 4.69) is 4.90 Å². The van der Waals surface area contributed by atoms with Crippen molar-refractivity contribution in [2.75, 3.05) is 19.6 Å². The fourth-order valence-electron chi connectivity index (χ4n) is 2.28. The second kappa shape index (κ2) is 4.71. The Bertz CT molecular complexity index is 235. The Morgan fingerprint density at radius 2 is 1.93 bits per heavy atom. The Balaban J connectivity index is 1.81. The van der Waals surface area contributed by atoms with Gasteiger partial charge in [0, 0.05) is 32.6 Å². The minimum atomic E-state index is 0.241. The molecule has 86 valence electrons. The topological polar surface area (TPSA) is 23.6 Å². The molecule has 0 radical (unpaired) electrons. The number of piperidine rings is 1. The number of nitrogens with zero attached hydrogens (tertiary/aromatic N) is 2. The van der Waals surface area contributed by atoms with E-state index >= 15 is 0 Å². The van der Waals surface area contributed by atoms with Crippen LogP contribution in [0.25, 0.3) is 0 Å². The van der Waals surface area contributed by atoms with Gasteiger partial charge in [-0.25, -0.2) is 4.42 Å². The van der Waals surface area contributed by atoms with Crippen molar-refractivity contribution < 1.29 is 4.79 Å². The highest BCUT2D eigenvalue weighted by Crippen LogP contribution is 2.29. The smallest absolute Gasteiger partial charge is 0.219 e. The second-order valence-corrected chi connectivity index (χ2v) is 5.23. The van der Waals surface area contributed by atoms with Gasteiger partial charge in [0.1, 0.15) is 0 Å². The van der Waals surface area contributed by atoms with E-state index in [1.54, 1.807) is 6.92 Å². The van der Waals surface area contributed by atoms with Crippen LogP contribution in [0, 0.1) is 5.92 Å². The van der Waals surface area contributed by atoms with E-state index in [9.17, 15) is 4.79 Å². The van der Waals surface area contributed by atoms with Crippen molar-refractivity contribution in [1.82, 2.24) is 9.32 Å². The molecule has 0 N–H and O–H groups in total. The zero-order chi connectivity index (χ0) is 10.8. The summed E-state index contributed by atoms with van der Waals surface area (Å²) in [6.45, 7) is 4.56. The first-order valence-corrected chi connectivity index (χ1v) is 6.18. The summed E-state index contributed by atoms with van der Waals surface area (Å²) in [5, 5.41) is 0. The first-order chi connectivity index (χ1) is 7.16. The van der Waals surface area contributed by atoms with Crippen molar-refractivity contribution in [1.29, 1.82) is 0 Å². The molecule has 0 aromatic carbocycles. The van der Waals surface area contributed by atoms with Crippen LogP contribution in [0.15, 0.2) is 0 Å². The maximum Gasteiger partial charge on any atom is 0.219 e. The lowest BCUT2D eigenvalue weighted by Gasteiger charge is -2.31. The molecule has 2 fully saturated rings. The van der Waals surface area contributed by atoms with Gasteiger partial charge in [-0.3, -0.25) is 4.79 Å².